The molecule has 3 N–H and O–H groups in total. The lowest BCUT2D eigenvalue weighted by molar-refractivity contribution is 0.100. The summed E-state index contributed by atoms with van der Waals surface area (Å²) in [4.78, 5) is 14.9. The molecule has 1 amide bonds. The highest BCUT2D eigenvalue weighted by Crippen LogP contribution is 2.11. The van der Waals surface area contributed by atoms with Crippen LogP contribution in [0, 0.1) is 6.92 Å². The number of nitrogens with zero attached hydrogens (tertiary/aromatic N) is 1. The van der Waals surface area contributed by atoms with E-state index in [2.05, 4.69) is 10.3 Å². The van der Waals surface area contributed by atoms with Crippen molar-refractivity contribution in [3.8, 4) is 0 Å². The van der Waals surface area contributed by atoms with E-state index in [1.165, 1.54) is 0 Å². The summed E-state index contributed by atoms with van der Waals surface area (Å²) in [7, 11) is 1.70. The van der Waals surface area contributed by atoms with Gasteiger partial charge in [0.05, 0.1) is 5.56 Å². The number of primary amides is 1. The van der Waals surface area contributed by atoms with E-state index in [0.717, 1.165) is 5.69 Å². The molecule has 1 aromatic rings. The summed E-state index contributed by atoms with van der Waals surface area (Å²) in [5.74, 6) is 0.0642. The topological polar surface area (TPSA) is 68.0 Å². The third kappa shape index (κ3) is 1.53. The maximum absolute atomic E-state index is 10.8. The first kappa shape index (κ1) is 8.52. The fourth-order valence-electron chi connectivity index (χ4n) is 0.946. The predicted octanol–water partition coefficient (Wildman–Crippen LogP) is 0.531. The molecule has 0 radical (unpaired) electrons. The highest BCUT2D eigenvalue weighted by molar-refractivity contribution is 5.97. The molecule has 0 spiro atoms. The van der Waals surface area contributed by atoms with E-state index in [4.69, 9.17) is 5.73 Å². The van der Waals surface area contributed by atoms with Crippen LogP contribution in [0.3, 0.4) is 0 Å². The second-order valence-electron chi connectivity index (χ2n) is 2.46. The molecule has 12 heavy (non-hydrogen) atoms. The van der Waals surface area contributed by atoms with Crippen LogP contribution in [0.2, 0.25) is 0 Å². The van der Waals surface area contributed by atoms with Crippen molar-refractivity contribution in [3.63, 3.8) is 0 Å². The van der Waals surface area contributed by atoms with Crippen LogP contribution < -0.4 is 11.1 Å². The second-order valence-corrected chi connectivity index (χ2v) is 2.46. The summed E-state index contributed by atoms with van der Waals surface area (Å²) >= 11 is 0. The molecule has 0 aliphatic carbocycles. The maximum atomic E-state index is 10.8. The number of hydrogen-bond acceptors (Lipinski definition) is 3. The van der Waals surface area contributed by atoms with Crippen molar-refractivity contribution in [1.82, 2.24) is 4.98 Å². The van der Waals surface area contributed by atoms with E-state index in [1.54, 1.807) is 19.2 Å². The largest absolute Gasteiger partial charge is 0.372 e. The number of carbonyl (C=O) groups is 1. The molecule has 4 heteroatoms. The van der Waals surface area contributed by atoms with Gasteiger partial charge in [0.2, 0.25) is 0 Å². The van der Waals surface area contributed by atoms with Crippen molar-refractivity contribution in [2.45, 2.75) is 6.92 Å². The van der Waals surface area contributed by atoms with Gasteiger partial charge >= 0.3 is 0 Å². The Morgan fingerprint density at radius 3 is 2.75 bits per heavy atom. The Bertz CT molecular complexity index is 309. The van der Waals surface area contributed by atoms with Crippen molar-refractivity contribution in [3.05, 3.63) is 23.4 Å². The fraction of sp³-hybridized carbons (Fsp3) is 0.250. The zero-order chi connectivity index (χ0) is 9.14. The Morgan fingerprint density at radius 2 is 2.25 bits per heavy atom. The zero-order valence-corrected chi connectivity index (χ0v) is 7.09. The van der Waals surface area contributed by atoms with E-state index in [1.807, 2.05) is 6.92 Å². The van der Waals surface area contributed by atoms with Crippen LogP contribution in [0.15, 0.2) is 12.1 Å². The Balaban J connectivity index is 3.20. The number of hydrogen-bond donors (Lipinski definition) is 2. The summed E-state index contributed by atoms with van der Waals surface area (Å²) in [5, 5.41) is 2.81. The van der Waals surface area contributed by atoms with Gasteiger partial charge in [-0.15, -0.1) is 0 Å². The predicted molar refractivity (Wildman–Crippen MR) is 47.0 cm³/mol. The minimum atomic E-state index is -0.466. The molecule has 0 aliphatic heterocycles. The number of nitrogens with two attached hydrogens (primary N) is 1. The van der Waals surface area contributed by atoms with Gasteiger partial charge in [0.25, 0.3) is 5.91 Å². The van der Waals surface area contributed by atoms with Crippen LogP contribution in [0.1, 0.15) is 16.1 Å². The number of amides is 1. The molecule has 1 heterocycles. The number of rotatable bonds is 2. The second kappa shape index (κ2) is 3.21. The van der Waals surface area contributed by atoms with E-state index in [-0.39, 0.29) is 0 Å². The molecule has 0 unspecified atom stereocenters. The summed E-state index contributed by atoms with van der Waals surface area (Å²) in [6, 6.07) is 3.41. The monoisotopic (exact) mass is 165 g/mol. The molecule has 1 aromatic heterocycles. The standard InChI is InChI=1S/C8H11N3O/c1-5-3-4-6(7(9)12)8(10-2)11-5/h3-4H,1-2H3,(H2,9,12)(H,10,11). The van der Waals surface area contributed by atoms with E-state index < -0.39 is 5.91 Å². The summed E-state index contributed by atoms with van der Waals surface area (Å²) < 4.78 is 0. The first-order valence-corrected chi connectivity index (χ1v) is 3.60. The van der Waals surface area contributed by atoms with Gasteiger partial charge in [-0.2, -0.15) is 0 Å². The molecule has 0 aliphatic rings. The van der Waals surface area contributed by atoms with Crippen LogP contribution in [0.25, 0.3) is 0 Å². The van der Waals surface area contributed by atoms with Crippen molar-refractivity contribution in [1.29, 1.82) is 0 Å². The van der Waals surface area contributed by atoms with Crippen molar-refractivity contribution < 1.29 is 4.79 Å². The molecule has 0 fully saturated rings. The molecule has 0 aromatic carbocycles. The van der Waals surface area contributed by atoms with Crippen molar-refractivity contribution >= 4 is 11.7 Å². The van der Waals surface area contributed by atoms with Crippen molar-refractivity contribution in [2.75, 3.05) is 12.4 Å². The van der Waals surface area contributed by atoms with Crippen LogP contribution >= 0.6 is 0 Å². The summed E-state index contributed by atoms with van der Waals surface area (Å²) in [5.41, 5.74) is 6.39. The number of aromatic nitrogens is 1. The van der Waals surface area contributed by atoms with Crippen LogP contribution in [-0.4, -0.2) is 17.9 Å². The van der Waals surface area contributed by atoms with Crippen LogP contribution in [0.5, 0.6) is 0 Å². The molecule has 1 rings (SSSR count). The quantitative estimate of drug-likeness (QED) is 0.671. The van der Waals surface area contributed by atoms with Gasteiger partial charge in [-0.3, -0.25) is 4.79 Å². The lowest BCUT2D eigenvalue weighted by atomic mass is 10.2. The van der Waals surface area contributed by atoms with Gasteiger partial charge in [-0.1, -0.05) is 0 Å². The zero-order valence-electron chi connectivity index (χ0n) is 7.09. The lowest BCUT2D eigenvalue weighted by Gasteiger charge is -2.04. The third-order valence-electron chi connectivity index (χ3n) is 1.54. The van der Waals surface area contributed by atoms with Gasteiger partial charge in [-0.05, 0) is 19.1 Å². The number of aryl methyl sites for hydroxylation is 1. The van der Waals surface area contributed by atoms with E-state index in [0.29, 0.717) is 11.4 Å². The molecule has 0 bridgehead atoms. The maximum Gasteiger partial charge on any atom is 0.252 e. The van der Waals surface area contributed by atoms with Gasteiger partial charge in [0.15, 0.2) is 0 Å². The number of pyridine rings is 1. The molecular formula is C8H11N3O. The van der Waals surface area contributed by atoms with E-state index in [9.17, 15) is 4.79 Å². The smallest absolute Gasteiger partial charge is 0.252 e. The van der Waals surface area contributed by atoms with Crippen molar-refractivity contribution in [2.24, 2.45) is 5.73 Å². The fourth-order valence-corrected chi connectivity index (χ4v) is 0.946. The molecular weight excluding hydrogens is 154 g/mol. The molecule has 0 saturated heterocycles. The third-order valence-corrected chi connectivity index (χ3v) is 1.54. The summed E-state index contributed by atoms with van der Waals surface area (Å²) in [6.07, 6.45) is 0. The SMILES string of the molecule is CNc1nc(C)ccc1C(N)=O. The minimum Gasteiger partial charge on any atom is -0.372 e. The Morgan fingerprint density at radius 1 is 1.58 bits per heavy atom. The van der Waals surface area contributed by atoms with Gasteiger partial charge in [0.1, 0.15) is 5.82 Å². The number of nitrogens with one attached hydrogen (secondary N) is 1. The Labute approximate surface area is 70.8 Å². The van der Waals surface area contributed by atoms with Gasteiger partial charge in [0, 0.05) is 12.7 Å². The highest BCUT2D eigenvalue weighted by atomic mass is 16.1. The highest BCUT2D eigenvalue weighted by Gasteiger charge is 2.07. The minimum absolute atomic E-state index is 0.420. The molecule has 0 saturated carbocycles. The molecule has 0 atom stereocenters. The summed E-state index contributed by atoms with van der Waals surface area (Å²) in [6.45, 7) is 1.85. The first-order chi connectivity index (χ1) is 5.65. The van der Waals surface area contributed by atoms with Gasteiger partial charge in [-0.25, -0.2) is 4.98 Å². The Hall–Kier alpha value is -1.58. The first-order valence-electron chi connectivity index (χ1n) is 3.60. The normalized spacial score (nSPS) is 9.50. The lowest BCUT2D eigenvalue weighted by Crippen LogP contribution is -2.14. The molecule has 64 valence electrons. The average molecular weight is 165 g/mol. The number of carbonyl (C=O) groups excluding carboxylic acids is 1. The molecule has 4 nitrogen and oxygen atoms in total. The van der Waals surface area contributed by atoms with Gasteiger partial charge < -0.3 is 11.1 Å². The Kier molecular flexibility index (Phi) is 2.28. The number of anilines is 1. The van der Waals surface area contributed by atoms with E-state index >= 15 is 0 Å². The van der Waals surface area contributed by atoms with Crippen LogP contribution in [0.4, 0.5) is 5.82 Å². The average Bonchev–Trinajstić information content (AvgIpc) is 2.03. The van der Waals surface area contributed by atoms with Crippen LogP contribution in [-0.2, 0) is 0 Å².